The summed E-state index contributed by atoms with van der Waals surface area (Å²) < 4.78 is 2.23. The van der Waals surface area contributed by atoms with Crippen molar-refractivity contribution in [3.05, 3.63) is 59.7 Å². The van der Waals surface area contributed by atoms with Gasteiger partial charge >= 0.3 is 240 Å². The van der Waals surface area contributed by atoms with Crippen molar-refractivity contribution in [1.82, 2.24) is 20.4 Å². The Labute approximate surface area is 239 Å². The molecule has 8 heteroatoms. The van der Waals surface area contributed by atoms with E-state index in [1.165, 1.54) is 64.7 Å². The van der Waals surface area contributed by atoms with Gasteiger partial charge in [-0.05, 0) is 0 Å². The Morgan fingerprint density at radius 1 is 0.605 bits per heavy atom. The summed E-state index contributed by atoms with van der Waals surface area (Å²) in [6, 6.07) is 16.0. The summed E-state index contributed by atoms with van der Waals surface area (Å²) in [6.07, 6.45) is 9.87. The molecule has 2 aliphatic rings. The van der Waals surface area contributed by atoms with Crippen LogP contribution in [0, 0.1) is 0 Å². The number of carbonyl (C=O) groups is 2. The van der Waals surface area contributed by atoms with Gasteiger partial charge in [-0.3, -0.25) is 0 Å². The molecule has 2 N–H and O–H groups in total. The van der Waals surface area contributed by atoms with Gasteiger partial charge in [0, 0.05) is 0 Å². The van der Waals surface area contributed by atoms with E-state index in [-0.39, 0.29) is 38.1 Å². The summed E-state index contributed by atoms with van der Waals surface area (Å²) in [7, 11) is 0. The average Bonchev–Trinajstić information content (AvgIpc) is 2.97. The Bertz CT molecular complexity index is 941. The molecule has 4 rings (SSSR count). The third-order valence-corrected chi connectivity index (χ3v) is 14.5. The average molecular weight is 649 g/mol. The van der Waals surface area contributed by atoms with Gasteiger partial charge in [-0.25, -0.2) is 0 Å². The van der Waals surface area contributed by atoms with Crippen LogP contribution in [0.2, 0.25) is 0 Å². The first-order valence-electron chi connectivity index (χ1n) is 14.2. The molecular weight excluding hydrogens is 606 g/mol. The molecule has 2 saturated heterocycles. The first-order valence-corrected chi connectivity index (χ1v) is 20.3. The van der Waals surface area contributed by atoms with Crippen LogP contribution in [-0.2, 0) is 0 Å². The van der Waals surface area contributed by atoms with E-state index in [1.807, 2.05) is 36.4 Å². The number of likely N-dealkylation sites (tertiary alicyclic amines) is 2. The monoisotopic (exact) mass is 650 g/mol. The van der Waals surface area contributed by atoms with Gasteiger partial charge in [0.25, 0.3) is 0 Å². The van der Waals surface area contributed by atoms with Crippen molar-refractivity contribution in [1.29, 1.82) is 0 Å². The fraction of sp³-hybridized carbons (Fsp3) is 0.533. The van der Waals surface area contributed by atoms with Crippen molar-refractivity contribution in [3.63, 3.8) is 0 Å². The third-order valence-electron chi connectivity index (χ3n) is 7.26. The zero-order chi connectivity index (χ0) is 26.4. The molecule has 2 aromatic carbocycles. The second kappa shape index (κ2) is 16.4. The van der Waals surface area contributed by atoms with Gasteiger partial charge in [0.2, 0.25) is 0 Å². The van der Waals surface area contributed by atoms with Crippen LogP contribution in [0.3, 0.4) is 0 Å². The number of rotatable bonds is 13. The van der Waals surface area contributed by atoms with Gasteiger partial charge in [0.1, 0.15) is 0 Å². The molecule has 2 amide bonds. The maximum atomic E-state index is 13.0. The number of nitrogens with zero attached hydrogens (tertiary/aromatic N) is 2. The molecule has 2 fully saturated rings. The van der Waals surface area contributed by atoms with Crippen LogP contribution < -0.4 is 19.6 Å². The van der Waals surface area contributed by atoms with E-state index in [9.17, 15) is 9.59 Å². The zero-order valence-corrected chi connectivity index (χ0v) is 25.9. The van der Waals surface area contributed by atoms with Gasteiger partial charge in [-0.15, -0.1) is 0 Å². The van der Waals surface area contributed by atoms with Crippen molar-refractivity contribution in [3.8, 4) is 0 Å². The molecule has 0 spiro atoms. The summed E-state index contributed by atoms with van der Waals surface area (Å²) in [4.78, 5) is 31.0. The topological polar surface area (TPSA) is 64.7 Å². The molecule has 38 heavy (non-hydrogen) atoms. The van der Waals surface area contributed by atoms with E-state index >= 15 is 0 Å². The standard InChI is InChI=1S/C30H42N4O2Se2/c35-29(31-17-11-23-33-19-7-1-8-20-33)25-13-3-5-15-27(25)37-38-28-16-6-4-14-26(28)30(36)32-18-12-24-34-21-9-2-10-22-34/h3-6,13-16H,1-2,7-12,17-24H2,(H,31,35)(H,32,36). The molecule has 2 aliphatic heterocycles. The van der Waals surface area contributed by atoms with E-state index in [4.69, 9.17) is 0 Å². The number of hydrogen-bond acceptors (Lipinski definition) is 4. The fourth-order valence-electron chi connectivity index (χ4n) is 5.11. The summed E-state index contributed by atoms with van der Waals surface area (Å²) in [5.41, 5.74) is 1.57. The Morgan fingerprint density at radius 2 is 1.00 bits per heavy atom. The van der Waals surface area contributed by atoms with E-state index in [1.54, 1.807) is 0 Å². The SMILES string of the molecule is O=C(NCCCN1CCCCC1)c1ccccc1[Se][Se]c1ccccc1C(=O)NCCCN1CCCCC1. The second-order valence-corrected chi connectivity index (χ2v) is 16.4. The van der Waals surface area contributed by atoms with Crippen LogP contribution in [0.4, 0.5) is 0 Å². The molecule has 0 bridgehead atoms. The van der Waals surface area contributed by atoms with Crippen molar-refractivity contribution in [2.45, 2.75) is 51.4 Å². The van der Waals surface area contributed by atoms with Gasteiger partial charge in [0.15, 0.2) is 0 Å². The molecular formula is C30H42N4O2Se2. The molecule has 0 radical (unpaired) electrons. The van der Waals surface area contributed by atoms with Crippen molar-refractivity contribution in [2.75, 3.05) is 52.4 Å². The minimum absolute atomic E-state index is 0.0247. The molecule has 0 saturated carbocycles. The Hall–Kier alpha value is -1.66. The summed E-state index contributed by atoms with van der Waals surface area (Å²) in [5, 5.41) is 6.29. The van der Waals surface area contributed by atoms with E-state index in [0.29, 0.717) is 13.1 Å². The van der Waals surface area contributed by atoms with Gasteiger partial charge < -0.3 is 0 Å². The predicted octanol–water partition coefficient (Wildman–Crippen LogP) is 2.17. The molecule has 206 valence electrons. The zero-order valence-electron chi connectivity index (χ0n) is 22.5. The normalized spacial score (nSPS) is 16.7. The molecule has 0 unspecified atom stereocenters. The summed E-state index contributed by atoms with van der Waals surface area (Å²) in [6.45, 7) is 8.32. The van der Waals surface area contributed by atoms with Gasteiger partial charge in [0.05, 0.1) is 0 Å². The van der Waals surface area contributed by atoms with E-state index in [0.717, 1.165) is 46.0 Å². The summed E-state index contributed by atoms with van der Waals surface area (Å²) >= 11 is 0.221. The number of nitrogens with one attached hydrogen (secondary N) is 2. The van der Waals surface area contributed by atoms with Crippen LogP contribution in [-0.4, -0.2) is 100 Å². The number of hydrogen-bond donors (Lipinski definition) is 2. The van der Waals surface area contributed by atoms with Gasteiger partial charge in [-0.2, -0.15) is 0 Å². The predicted molar refractivity (Wildman–Crippen MR) is 158 cm³/mol. The molecule has 0 aliphatic carbocycles. The number of carbonyl (C=O) groups excluding carboxylic acids is 2. The van der Waals surface area contributed by atoms with E-state index in [2.05, 4.69) is 32.6 Å². The molecule has 6 nitrogen and oxygen atoms in total. The minimum atomic E-state index is 0.0247. The first-order chi connectivity index (χ1) is 18.7. The fourth-order valence-corrected chi connectivity index (χ4v) is 12.2. The maximum absolute atomic E-state index is 13.0. The molecule has 0 aromatic heterocycles. The Kier molecular flexibility index (Phi) is 12.7. The quantitative estimate of drug-likeness (QED) is 0.259. The summed E-state index contributed by atoms with van der Waals surface area (Å²) in [5.74, 6) is 0.0494. The van der Waals surface area contributed by atoms with Crippen LogP contribution in [0.15, 0.2) is 48.5 Å². The number of piperidine rings is 2. The Balaban J connectivity index is 1.24. The third kappa shape index (κ3) is 9.51. The second-order valence-electron chi connectivity index (χ2n) is 10.2. The van der Waals surface area contributed by atoms with Crippen LogP contribution in [0.25, 0.3) is 0 Å². The number of benzene rings is 2. The molecule has 2 heterocycles. The molecule has 2 aromatic rings. The van der Waals surface area contributed by atoms with Crippen molar-refractivity contribution < 1.29 is 9.59 Å². The molecule has 0 atom stereocenters. The van der Waals surface area contributed by atoms with Crippen LogP contribution >= 0.6 is 0 Å². The van der Waals surface area contributed by atoms with E-state index < -0.39 is 0 Å². The van der Waals surface area contributed by atoms with Crippen LogP contribution in [0.5, 0.6) is 0 Å². The van der Waals surface area contributed by atoms with Crippen molar-refractivity contribution >= 4 is 47.0 Å². The van der Waals surface area contributed by atoms with Crippen molar-refractivity contribution in [2.24, 2.45) is 0 Å². The first kappa shape index (κ1) is 29.3. The Morgan fingerprint density at radius 3 is 1.42 bits per heavy atom. The number of amides is 2. The van der Waals surface area contributed by atoms with Gasteiger partial charge in [-0.1, -0.05) is 0 Å². The van der Waals surface area contributed by atoms with Crippen LogP contribution in [0.1, 0.15) is 72.1 Å².